The van der Waals surface area contributed by atoms with Gasteiger partial charge in [0.2, 0.25) is 5.90 Å². The molecule has 1 aliphatic rings. The van der Waals surface area contributed by atoms with Gasteiger partial charge in [-0.3, -0.25) is 0 Å². The van der Waals surface area contributed by atoms with Crippen LogP contribution >= 0.6 is 0 Å². The molecule has 0 aromatic heterocycles. The molecule has 1 aliphatic heterocycles. The second-order valence-corrected chi connectivity index (χ2v) is 8.48. The zero-order chi connectivity index (χ0) is 22.7. The lowest BCUT2D eigenvalue weighted by Crippen LogP contribution is -2.11. The number of aryl methyl sites for hydroxylation is 1. The van der Waals surface area contributed by atoms with E-state index in [9.17, 15) is 13.2 Å². The van der Waals surface area contributed by atoms with Gasteiger partial charge >= 0.3 is 16.1 Å². The molecule has 8 heteroatoms. The molecular weight excluding hydrogens is 430 g/mol. The van der Waals surface area contributed by atoms with Crippen molar-refractivity contribution in [1.29, 1.82) is 0 Å². The molecular formula is C24H19NO6S. The van der Waals surface area contributed by atoms with Crippen LogP contribution in [-0.4, -0.2) is 27.4 Å². The van der Waals surface area contributed by atoms with Gasteiger partial charge in [-0.1, -0.05) is 48.0 Å². The Morgan fingerprint density at radius 1 is 0.938 bits per heavy atom. The molecule has 3 aromatic rings. The number of aliphatic imine (C=N–C) groups is 1. The summed E-state index contributed by atoms with van der Waals surface area (Å²) >= 11 is 0. The normalized spacial score (nSPS) is 14.8. The molecule has 0 saturated carbocycles. The molecule has 0 aliphatic carbocycles. The average Bonchev–Trinajstić information content (AvgIpc) is 3.16. The van der Waals surface area contributed by atoms with Crippen LogP contribution in [0.5, 0.6) is 11.5 Å². The molecule has 0 N–H and O–H groups in total. The van der Waals surface area contributed by atoms with E-state index < -0.39 is 16.1 Å². The lowest BCUT2D eigenvalue weighted by atomic mass is 10.1. The first kappa shape index (κ1) is 21.3. The Hall–Kier alpha value is -3.91. The third-order valence-electron chi connectivity index (χ3n) is 4.67. The number of hydrogen-bond donors (Lipinski definition) is 0. The van der Waals surface area contributed by atoms with Crippen LogP contribution in [0.3, 0.4) is 0 Å². The highest BCUT2D eigenvalue weighted by Crippen LogP contribution is 2.35. The van der Waals surface area contributed by atoms with E-state index in [1.165, 1.54) is 25.3 Å². The zero-order valence-corrected chi connectivity index (χ0v) is 18.1. The maximum absolute atomic E-state index is 12.8. The van der Waals surface area contributed by atoms with Crippen molar-refractivity contribution in [2.75, 3.05) is 7.11 Å². The number of para-hydroxylation sites is 1. The van der Waals surface area contributed by atoms with E-state index in [0.717, 1.165) is 5.56 Å². The van der Waals surface area contributed by atoms with Crippen LogP contribution in [0.4, 0.5) is 0 Å². The fraction of sp³-hybridized carbons (Fsp3) is 0.0833. The van der Waals surface area contributed by atoms with Crippen LogP contribution < -0.4 is 8.92 Å². The molecule has 32 heavy (non-hydrogen) atoms. The fourth-order valence-corrected chi connectivity index (χ4v) is 4.00. The Labute approximate surface area is 185 Å². The van der Waals surface area contributed by atoms with Gasteiger partial charge in [0, 0.05) is 11.1 Å². The molecule has 0 saturated heterocycles. The zero-order valence-electron chi connectivity index (χ0n) is 17.3. The summed E-state index contributed by atoms with van der Waals surface area (Å²) < 4.78 is 41.5. The van der Waals surface area contributed by atoms with Gasteiger partial charge in [-0.25, -0.2) is 9.79 Å². The summed E-state index contributed by atoms with van der Waals surface area (Å²) in [6.45, 7) is 1.95. The summed E-state index contributed by atoms with van der Waals surface area (Å²) in [5.41, 5.74) is 2.02. The van der Waals surface area contributed by atoms with Crippen LogP contribution in [0.25, 0.3) is 6.08 Å². The Morgan fingerprint density at radius 3 is 2.34 bits per heavy atom. The second-order valence-electron chi connectivity index (χ2n) is 6.93. The van der Waals surface area contributed by atoms with Crippen LogP contribution in [0, 0.1) is 6.92 Å². The number of carbonyl (C=O) groups is 1. The smallest absolute Gasteiger partial charge is 0.363 e. The van der Waals surface area contributed by atoms with Crippen LogP contribution in [0.2, 0.25) is 0 Å². The van der Waals surface area contributed by atoms with Crippen LogP contribution in [-0.2, 0) is 19.6 Å². The molecule has 0 fully saturated rings. The topological polar surface area (TPSA) is 91.3 Å². The van der Waals surface area contributed by atoms with E-state index in [2.05, 4.69) is 4.99 Å². The first-order valence-corrected chi connectivity index (χ1v) is 11.0. The minimum atomic E-state index is -4.13. The first-order valence-electron chi connectivity index (χ1n) is 9.63. The van der Waals surface area contributed by atoms with Gasteiger partial charge in [-0.05, 0) is 43.3 Å². The highest BCUT2D eigenvalue weighted by atomic mass is 32.2. The average molecular weight is 449 g/mol. The molecule has 0 amide bonds. The number of rotatable bonds is 6. The van der Waals surface area contributed by atoms with Crippen molar-refractivity contribution in [2.45, 2.75) is 11.8 Å². The van der Waals surface area contributed by atoms with Crippen molar-refractivity contribution in [3.8, 4) is 11.5 Å². The number of esters is 1. The molecule has 7 nitrogen and oxygen atoms in total. The monoisotopic (exact) mass is 449 g/mol. The maximum atomic E-state index is 12.8. The molecule has 3 aromatic carbocycles. The van der Waals surface area contributed by atoms with Gasteiger partial charge in [-0.15, -0.1) is 0 Å². The first-order chi connectivity index (χ1) is 15.4. The largest absolute Gasteiger partial charge is 0.493 e. The minimum absolute atomic E-state index is 0.00976. The highest BCUT2D eigenvalue weighted by Gasteiger charge is 2.26. The molecule has 0 radical (unpaired) electrons. The summed E-state index contributed by atoms with van der Waals surface area (Å²) in [4.78, 5) is 16.7. The number of cyclic esters (lactones) is 1. The third kappa shape index (κ3) is 4.40. The number of ether oxygens (including phenoxy) is 2. The quantitative estimate of drug-likeness (QED) is 0.319. The number of benzene rings is 3. The van der Waals surface area contributed by atoms with Crippen LogP contribution in [0.1, 0.15) is 16.7 Å². The molecule has 0 bridgehead atoms. The van der Waals surface area contributed by atoms with Gasteiger partial charge in [0.05, 0.1) is 7.11 Å². The van der Waals surface area contributed by atoms with Crippen molar-refractivity contribution in [1.82, 2.24) is 0 Å². The molecule has 0 unspecified atom stereocenters. The van der Waals surface area contributed by atoms with Crippen molar-refractivity contribution in [3.05, 3.63) is 95.2 Å². The maximum Gasteiger partial charge on any atom is 0.363 e. The molecule has 0 atom stereocenters. The number of methoxy groups -OCH3 is 1. The highest BCUT2D eigenvalue weighted by molar-refractivity contribution is 7.87. The number of hydrogen-bond acceptors (Lipinski definition) is 7. The lowest BCUT2D eigenvalue weighted by molar-refractivity contribution is -0.129. The van der Waals surface area contributed by atoms with Crippen molar-refractivity contribution >= 4 is 28.1 Å². The van der Waals surface area contributed by atoms with E-state index in [4.69, 9.17) is 13.7 Å². The van der Waals surface area contributed by atoms with Crippen molar-refractivity contribution in [3.63, 3.8) is 0 Å². The lowest BCUT2D eigenvalue weighted by Gasteiger charge is -2.13. The van der Waals surface area contributed by atoms with E-state index >= 15 is 0 Å². The summed E-state index contributed by atoms with van der Waals surface area (Å²) in [5, 5.41) is 0. The Balaban J connectivity index is 1.74. The molecule has 1 heterocycles. The summed E-state index contributed by atoms with van der Waals surface area (Å²) in [5.74, 6) is -0.352. The fourth-order valence-electron chi connectivity index (χ4n) is 3.02. The van der Waals surface area contributed by atoms with E-state index in [1.807, 2.05) is 19.1 Å². The molecule has 0 spiro atoms. The predicted molar refractivity (Wildman–Crippen MR) is 119 cm³/mol. The SMILES string of the molecule is COc1cccc(/C=C2/N=C(c3ccc(C)cc3)OC2=O)c1OS(=O)(=O)c1ccccc1. The summed E-state index contributed by atoms with van der Waals surface area (Å²) in [6.07, 6.45) is 1.40. The van der Waals surface area contributed by atoms with Gasteiger partial charge in [-0.2, -0.15) is 8.42 Å². The van der Waals surface area contributed by atoms with Crippen molar-refractivity contribution < 1.29 is 26.9 Å². The molecule has 4 rings (SSSR count). The van der Waals surface area contributed by atoms with Gasteiger partial charge in [0.25, 0.3) is 0 Å². The van der Waals surface area contributed by atoms with Gasteiger partial charge < -0.3 is 13.7 Å². The second kappa shape index (κ2) is 8.68. The van der Waals surface area contributed by atoms with Gasteiger partial charge in [0.15, 0.2) is 17.2 Å². The Bertz CT molecular complexity index is 1330. The van der Waals surface area contributed by atoms with Gasteiger partial charge in [0.1, 0.15) is 4.90 Å². The minimum Gasteiger partial charge on any atom is -0.493 e. The van der Waals surface area contributed by atoms with Crippen molar-refractivity contribution in [2.24, 2.45) is 4.99 Å². The third-order valence-corrected chi connectivity index (χ3v) is 5.90. The number of carbonyl (C=O) groups excluding carboxylic acids is 1. The summed E-state index contributed by atoms with van der Waals surface area (Å²) in [7, 11) is -2.74. The Morgan fingerprint density at radius 2 is 1.66 bits per heavy atom. The van der Waals surface area contributed by atoms with E-state index in [0.29, 0.717) is 11.1 Å². The number of nitrogens with zero attached hydrogens (tertiary/aromatic N) is 1. The van der Waals surface area contributed by atoms with E-state index in [1.54, 1.807) is 48.5 Å². The predicted octanol–water partition coefficient (Wildman–Crippen LogP) is 4.12. The Kier molecular flexibility index (Phi) is 5.79. The summed E-state index contributed by atoms with van der Waals surface area (Å²) in [6, 6.07) is 19.9. The molecule has 162 valence electrons. The standard InChI is InChI=1S/C24H19NO6S/c1-16-11-13-17(14-12-16)23-25-20(24(26)30-23)15-18-7-6-10-21(29-2)22(18)31-32(27,28)19-8-4-3-5-9-19/h3-15H,1-2H3/b20-15+. The van der Waals surface area contributed by atoms with Crippen LogP contribution in [0.15, 0.2) is 88.4 Å². The van der Waals surface area contributed by atoms with E-state index in [-0.39, 0.29) is 28.0 Å².